The number of ether oxygens (including phenoxy) is 1. The van der Waals surface area contributed by atoms with Crippen LogP contribution >= 0.6 is 0 Å². The van der Waals surface area contributed by atoms with E-state index in [9.17, 15) is 4.79 Å². The Morgan fingerprint density at radius 2 is 2.09 bits per heavy atom. The first-order valence-electron chi connectivity index (χ1n) is 7.77. The highest BCUT2D eigenvalue weighted by Gasteiger charge is 2.23. The van der Waals surface area contributed by atoms with Crippen LogP contribution in [0, 0.1) is 0 Å². The van der Waals surface area contributed by atoms with Crippen LogP contribution in [0.2, 0.25) is 0 Å². The maximum Gasteiger partial charge on any atom is 0.253 e. The molecule has 6 nitrogen and oxygen atoms in total. The van der Waals surface area contributed by atoms with Crippen LogP contribution in [0.5, 0.6) is 0 Å². The molecule has 1 amide bonds. The third kappa shape index (κ3) is 3.90. The van der Waals surface area contributed by atoms with Crippen molar-refractivity contribution < 1.29 is 13.9 Å². The molecule has 0 radical (unpaired) electrons. The number of hydrogen-bond donors (Lipinski definition) is 1. The molecular weight excluding hydrogens is 294 g/mol. The Balaban J connectivity index is 1.61. The number of anilines is 1. The summed E-state index contributed by atoms with van der Waals surface area (Å²) in [6, 6.07) is 5.51. The van der Waals surface area contributed by atoms with Crippen molar-refractivity contribution >= 4 is 11.7 Å². The fourth-order valence-corrected chi connectivity index (χ4v) is 2.75. The number of morpholine rings is 1. The van der Waals surface area contributed by atoms with E-state index in [4.69, 9.17) is 9.15 Å². The number of nitrogens with zero attached hydrogens (tertiary/aromatic N) is 2. The molecule has 3 heterocycles. The Labute approximate surface area is 135 Å². The number of hydrogen-bond acceptors (Lipinski definition) is 5. The third-order valence-corrected chi connectivity index (χ3v) is 3.79. The van der Waals surface area contributed by atoms with E-state index >= 15 is 0 Å². The van der Waals surface area contributed by atoms with E-state index in [0.29, 0.717) is 12.1 Å². The second-order valence-electron chi connectivity index (χ2n) is 5.88. The summed E-state index contributed by atoms with van der Waals surface area (Å²) in [6.07, 6.45) is 5.17. The largest absolute Gasteiger partial charge is 0.472 e. The minimum atomic E-state index is -0.144. The van der Waals surface area contributed by atoms with E-state index in [1.807, 2.05) is 12.1 Å². The molecule has 1 fully saturated rings. The van der Waals surface area contributed by atoms with E-state index < -0.39 is 0 Å². The number of furan rings is 1. The lowest BCUT2D eigenvalue weighted by molar-refractivity contribution is -0.00546. The summed E-state index contributed by atoms with van der Waals surface area (Å²) < 4.78 is 10.7. The molecule has 1 N–H and O–H groups in total. The van der Waals surface area contributed by atoms with E-state index in [1.54, 1.807) is 24.8 Å². The molecule has 1 saturated heterocycles. The van der Waals surface area contributed by atoms with Gasteiger partial charge in [-0.15, -0.1) is 0 Å². The first kappa shape index (κ1) is 15.6. The standard InChI is InChI=1S/C17H21N3O3/c1-12-9-20(10-13(2)23-12)16-4-3-15(8-18-16)17(21)19-7-14-5-6-22-11-14/h3-6,8,11-13H,7,9-10H2,1-2H3,(H,19,21)/t12-,13-/m1/s1. The number of nitrogens with one attached hydrogen (secondary N) is 1. The predicted molar refractivity (Wildman–Crippen MR) is 86.3 cm³/mol. The number of rotatable bonds is 4. The maximum absolute atomic E-state index is 12.1. The first-order chi connectivity index (χ1) is 11.1. The highest BCUT2D eigenvalue weighted by molar-refractivity contribution is 5.94. The molecule has 0 bridgehead atoms. The van der Waals surface area contributed by atoms with Crippen LogP contribution < -0.4 is 10.2 Å². The smallest absolute Gasteiger partial charge is 0.253 e. The normalized spacial score (nSPS) is 21.2. The zero-order valence-electron chi connectivity index (χ0n) is 13.4. The lowest BCUT2D eigenvalue weighted by atomic mass is 10.2. The quantitative estimate of drug-likeness (QED) is 0.937. The van der Waals surface area contributed by atoms with E-state index in [0.717, 1.165) is 24.5 Å². The van der Waals surface area contributed by atoms with E-state index in [2.05, 4.69) is 29.0 Å². The first-order valence-corrected chi connectivity index (χ1v) is 7.77. The van der Waals surface area contributed by atoms with Crippen molar-refractivity contribution in [1.29, 1.82) is 0 Å². The molecule has 0 unspecified atom stereocenters. The monoisotopic (exact) mass is 315 g/mol. The van der Waals surface area contributed by atoms with Crippen LogP contribution in [-0.4, -0.2) is 36.2 Å². The molecule has 3 rings (SSSR count). The highest BCUT2D eigenvalue weighted by Crippen LogP contribution is 2.18. The van der Waals surface area contributed by atoms with Gasteiger partial charge in [-0.05, 0) is 32.0 Å². The van der Waals surface area contributed by atoms with Crippen molar-refractivity contribution in [3.05, 3.63) is 48.0 Å². The van der Waals surface area contributed by atoms with E-state index in [-0.39, 0.29) is 18.1 Å². The molecule has 6 heteroatoms. The molecular formula is C17H21N3O3. The summed E-state index contributed by atoms with van der Waals surface area (Å²) >= 11 is 0. The van der Waals surface area contributed by atoms with Gasteiger partial charge in [-0.1, -0.05) is 0 Å². The lowest BCUT2D eigenvalue weighted by Crippen LogP contribution is -2.45. The van der Waals surface area contributed by atoms with Crippen molar-refractivity contribution in [3.63, 3.8) is 0 Å². The number of pyridine rings is 1. The fourth-order valence-electron chi connectivity index (χ4n) is 2.75. The van der Waals surface area contributed by atoms with Gasteiger partial charge in [-0.25, -0.2) is 4.98 Å². The van der Waals surface area contributed by atoms with Crippen molar-refractivity contribution in [3.8, 4) is 0 Å². The van der Waals surface area contributed by atoms with Crippen molar-refractivity contribution in [2.45, 2.75) is 32.6 Å². The predicted octanol–water partition coefficient (Wildman–Crippen LogP) is 2.22. The highest BCUT2D eigenvalue weighted by atomic mass is 16.5. The van der Waals surface area contributed by atoms with Gasteiger partial charge in [0.2, 0.25) is 0 Å². The molecule has 0 spiro atoms. The van der Waals surface area contributed by atoms with Gasteiger partial charge in [-0.2, -0.15) is 0 Å². The number of carbonyl (C=O) groups excluding carboxylic acids is 1. The van der Waals surface area contributed by atoms with E-state index in [1.165, 1.54) is 0 Å². The van der Waals surface area contributed by atoms with Gasteiger partial charge in [0.05, 0.1) is 30.3 Å². The minimum absolute atomic E-state index is 0.144. The molecule has 23 heavy (non-hydrogen) atoms. The Bertz CT molecular complexity index is 630. The Morgan fingerprint density at radius 1 is 1.30 bits per heavy atom. The van der Waals surface area contributed by atoms with Gasteiger partial charge in [-0.3, -0.25) is 4.79 Å². The Kier molecular flexibility index (Phi) is 4.62. The lowest BCUT2D eigenvalue weighted by Gasteiger charge is -2.36. The van der Waals surface area contributed by atoms with Crippen LogP contribution in [0.3, 0.4) is 0 Å². The van der Waals surface area contributed by atoms with Crippen LogP contribution in [0.25, 0.3) is 0 Å². The van der Waals surface area contributed by atoms with Gasteiger partial charge in [0, 0.05) is 31.4 Å². The number of carbonyl (C=O) groups is 1. The summed E-state index contributed by atoms with van der Waals surface area (Å²) in [7, 11) is 0. The van der Waals surface area contributed by atoms with Gasteiger partial charge in [0.25, 0.3) is 5.91 Å². The topological polar surface area (TPSA) is 67.6 Å². The van der Waals surface area contributed by atoms with Crippen molar-refractivity contribution in [1.82, 2.24) is 10.3 Å². The molecule has 0 saturated carbocycles. The second-order valence-corrected chi connectivity index (χ2v) is 5.88. The van der Waals surface area contributed by atoms with Gasteiger partial charge in [0.15, 0.2) is 0 Å². The van der Waals surface area contributed by atoms with Gasteiger partial charge < -0.3 is 19.4 Å². The molecule has 1 aliphatic rings. The fraction of sp³-hybridized carbons (Fsp3) is 0.412. The molecule has 2 atom stereocenters. The SMILES string of the molecule is C[C@@H]1CN(c2ccc(C(=O)NCc3ccoc3)cn2)C[C@@H](C)O1. The molecule has 1 aliphatic heterocycles. The van der Waals surface area contributed by atoms with Crippen LogP contribution in [0.4, 0.5) is 5.82 Å². The third-order valence-electron chi connectivity index (χ3n) is 3.79. The Hall–Kier alpha value is -2.34. The second kappa shape index (κ2) is 6.83. The van der Waals surface area contributed by atoms with Crippen molar-refractivity contribution in [2.75, 3.05) is 18.0 Å². The molecule has 122 valence electrons. The molecule has 2 aromatic heterocycles. The molecule has 0 aromatic carbocycles. The average Bonchev–Trinajstić information content (AvgIpc) is 3.05. The average molecular weight is 315 g/mol. The van der Waals surface area contributed by atoms with Gasteiger partial charge >= 0.3 is 0 Å². The molecule has 2 aromatic rings. The summed E-state index contributed by atoms with van der Waals surface area (Å²) in [5.74, 6) is 0.729. The summed E-state index contributed by atoms with van der Waals surface area (Å²) in [6.45, 7) is 6.17. The number of aromatic nitrogens is 1. The minimum Gasteiger partial charge on any atom is -0.472 e. The van der Waals surface area contributed by atoms with Crippen LogP contribution in [0.15, 0.2) is 41.3 Å². The van der Waals surface area contributed by atoms with Crippen LogP contribution in [-0.2, 0) is 11.3 Å². The Morgan fingerprint density at radius 3 is 2.70 bits per heavy atom. The maximum atomic E-state index is 12.1. The van der Waals surface area contributed by atoms with Gasteiger partial charge in [0.1, 0.15) is 5.82 Å². The zero-order valence-corrected chi connectivity index (χ0v) is 13.4. The molecule has 0 aliphatic carbocycles. The zero-order chi connectivity index (χ0) is 16.2. The van der Waals surface area contributed by atoms with Crippen LogP contribution in [0.1, 0.15) is 29.8 Å². The summed E-state index contributed by atoms with van der Waals surface area (Å²) in [5.41, 5.74) is 1.48. The van der Waals surface area contributed by atoms with Crippen molar-refractivity contribution in [2.24, 2.45) is 0 Å². The summed E-state index contributed by atoms with van der Waals surface area (Å²) in [5, 5.41) is 2.84. The summed E-state index contributed by atoms with van der Waals surface area (Å²) in [4.78, 5) is 18.7. The number of amides is 1.